The van der Waals surface area contributed by atoms with Gasteiger partial charge in [0.2, 0.25) is 0 Å². The SMILES string of the molecule is CCN(CC)c1ccc(-c2cc(Cl)ccc2N(C)c2ccc(N(CC)CC)cc2)cc1. The van der Waals surface area contributed by atoms with E-state index in [0.29, 0.717) is 0 Å². The van der Waals surface area contributed by atoms with Crippen molar-refractivity contribution in [3.05, 3.63) is 71.8 Å². The average molecular weight is 436 g/mol. The van der Waals surface area contributed by atoms with E-state index in [2.05, 4.69) is 110 Å². The number of anilines is 4. The minimum atomic E-state index is 0.747. The molecule has 0 heterocycles. The van der Waals surface area contributed by atoms with Gasteiger partial charge in [-0.05, 0) is 87.9 Å². The molecular weight excluding hydrogens is 402 g/mol. The first-order valence-electron chi connectivity index (χ1n) is 11.3. The van der Waals surface area contributed by atoms with Gasteiger partial charge in [-0.1, -0.05) is 23.7 Å². The van der Waals surface area contributed by atoms with E-state index in [4.69, 9.17) is 11.6 Å². The molecule has 0 aliphatic heterocycles. The van der Waals surface area contributed by atoms with Crippen LogP contribution in [-0.2, 0) is 0 Å². The van der Waals surface area contributed by atoms with Gasteiger partial charge in [0.1, 0.15) is 0 Å². The maximum absolute atomic E-state index is 6.40. The quantitative estimate of drug-likeness (QED) is 0.345. The molecule has 0 unspecified atom stereocenters. The van der Waals surface area contributed by atoms with E-state index in [-0.39, 0.29) is 0 Å². The second-order valence-electron chi connectivity index (χ2n) is 7.63. The molecule has 0 fully saturated rings. The Morgan fingerprint density at radius 2 is 1.06 bits per heavy atom. The largest absolute Gasteiger partial charge is 0.372 e. The lowest BCUT2D eigenvalue weighted by Crippen LogP contribution is -2.21. The number of benzene rings is 3. The Morgan fingerprint density at radius 1 is 0.613 bits per heavy atom. The summed E-state index contributed by atoms with van der Waals surface area (Å²) in [5.41, 5.74) is 7.09. The molecule has 31 heavy (non-hydrogen) atoms. The van der Waals surface area contributed by atoms with Gasteiger partial charge in [0, 0.05) is 66.6 Å². The summed E-state index contributed by atoms with van der Waals surface area (Å²) in [5.74, 6) is 0. The first-order valence-corrected chi connectivity index (χ1v) is 11.6. The van der Waals surface area contributed by atoms with Crippen molar-refractivity contribution >= 4 is 34.4 Å². The van der Waals surface area contributed by atoms with Crippen LogP contribution in [0.1, 0.15) is 27.7 Å². The van der Waals surface area contributed by atoms with Gasteiger partial charge in [-0.3, -0.25) is 0 Å². The van der Waals surface area contributed by atoms with Crippen molar-refractivity contribution in [1.82, 2.24) is 0 Å². The van der Waals surface area contributed by atoms with E-state index >= 15 is 0 Å². The van der Waals surface area contributed by atoms with Crippen LogP contribution >= 0.6 is 11.6 Å². The van der Waals surface area contributed by atoms with Gasteiger partial charge in [0.05, 0.1) is 0 Å². The number of halogens is 1. The van der Waals surface area contributed by atoms with E-state index < -0.39 is 0 Å². The van der Waals surface area contributed by atoms with Gasteiger partial charge in [-0.2, -0.15) is 0 Å². The summed E-state index contributed by atoms with van der Waals surface area (Å²) < 4.78 is 0. The van der Waals surface area contributed by atoms with Crippen molar-refractivity contribution in [2.75, 3.05) is 47.9 Å². The highest BCUT2D eigenvalue weighted by Gasteiger charge is 2.13. The smallest absolute Gasteiger partial charge is 0.0488 e. The summed E-state index contributed by atoms with van der Waals surface area (Å²) in [4.78, 5) is 6.94. The Morgan fingerprint density at radius 3 is 1.55 bits per heavy atom. The van der Waals surface area contributed by atoms with Crippen LogP contribution in [0.2, 0.25) is 5.02 Å². The first-order chi connectivity index (χ1) is 15.0. The van der Waals surface area contributed by atoms with Gasteiger partial charge < -0.3 is 14.7 Å². The number of hydrogen-bond donors (Lipinski definition) is 0. The summed E-state index contributed by atoms with van der Waals surface area (Å²) in [6, 6.07) is 23.7. The molecule has 0 atom stereocenters. The van der Waals surface area contributed by atoms with Crippen LogP contribution < -0.4 is 14.7 Å². The molecule has 0 bridgehead atoms. The Balaban J connectivity index is 1.94. The molecule has 0 aromatic heterocycles. The fraction of sp³-hybridized carbons (Fsp3) is 0.333. The van der Waals surface area contributed by atoms with Crippen molar-refractivity contribution in [3.8, 4) is 11.1 Å². The first kappa shape index (κ1) is 23.0. The van der Waals surface area contributed by atoms with Crippen molar-refractivity contribution < 1.29 is 0 Å². The molecule has 0 saturated heterocycles. The predicted octanol–water partition coefficient (Wildman–Crippen LogP) is 7.47. The zero-order chi connectivity index (χ0) is 22.4. The van der Waals surface area contributed by atoms with Crippen molar-refractivity contribution in [1.29, 1.82) is 0 Å². The van der Waals surface area contributed by atoms with Crippen LogP contribution in [0.4, 0.5) is 22.7 Å². The van der Waals surface area contributed by atoms with Crippen LogP contribution in [0.25, 0.3) is 11.1 Å². The molecule has 3 rings (SSSR count). The van der Waals surface area contributed by atoms with Crippen LogP contribution in [0, 0.1) is 0 Å². The summed E-state index contributed by atoms with van der Waals surface area (Å²) in [6.45, 7) is 12.8. The molecule has 0 radical (unpaired) electrons. The molecular formula is C27H34ClN3. The third-order valence-corrected chi connectivity index (χ3v) is 6.23. The molecule has 164 valence electrons. The van der Waals surface area contributed by atoms with E-state index in [1.54, 1.807) is 0 Å². The average Bonchev–Trinajstić information content (AvgIpc) is 2.81. The fourth-order valence-electron chi connectivity index (χ4n) is 4.09. The highest BCUT2D eigenvalue weighted by molar-refractivity contribution is 6.31. The van der Waals surface area contributed by atoms with E-state index in [1.165, 1.54) is 16.9 Å². The second kappa shape index (κ2) is 10.6. The molecule has 0 saturated carbocycles. The van der Waals surface area contributed by atoms with Gasteiger partial charge in [-0.25, -0.2) is 0 Å². The number of hydrogen-bond acceptors (Lipinski definition) is 3. The minimum absolute atomic E-state index is 0.747. The normalized spacial score (nSPS) is 10.8. The van der Waals surface area contributed by atoms with Crippen LogP contribution in [-0.4, -0.2) is 33.2 Å². The molecule has 4 heteroatoms. The molecule has 3 aromatic carbocycles. The Bertz CT molecular complexity index is 959. The maximum atomic E-state index is 6.40. The zero-order valence-corrected chi connectivity index (χ0v) is 20.2. The second-order valence-corrected chi connectivity index (χ2v) is 8.06. The van der Waals surface area contributed by atoms with E-state index in [0.717, 1.165) is 48.1 Å². The monoisotopic (exact) mass is 435 g/mol. The lowest BCUT2D eigenvalue weighted by molar-refractivity contribution is 0.866. The summed E-state index contributed by atoms with van der Waals surface area (Å²) >= 11 is 6.40. The third-order valence-electron chi connectivity index (χ3n) is 5.99. The van der Waals surface area contributed by atoms with Crippen molar-refractivity contribution in [2.24, 2.45) is 0 Å². The van der Waals surface area contributed by atoms with Crippen molar-refractivity contribution in [2.45, 2.75) is 27.7 Å². The Hall–Kier alpha value is -2.65. The molecule has 0 aliphatic rings. The van der Waals surface area contributed by atoms with Gasteiger partial charge >= 0.3 is 0 Å². The predicted molar refractivity (Wildman–Crippen MR) is 139 cm³/mol. The minimum Gasteiger partial charge on any atom is -0.372 e. The maximum Gasteiger partial charge on any atom is 0.0488 e. The van der Waals surface area contributed by atoms with Crippen molar-refractivity contribution in [3.63, 3.8) is 0 Å². The standard InChI is InChI=1S/C27H34ClN3/c1-6-30(7-2)24-13-10-21(11-14-24)26-20-22(28)12-19-27(26)29(5)23-15-17-25(18-16-23)31(8-3)9-4/h10-20H,6-9H2,1-5H3. The lowest BCUT2D eigenvalue weighted by atomic mass is 10.0. The van der Waals surface area contributed by atoms with E-state index in [1.807, 2.05) is 6.07 Å². The molecule has 3 aromatic rings. The highest BCUT2D eigenvalue weighted by Crippen LogP contribution is 2.37. The molecule has 0 N–H and O–H groups in total. The van der Waals surface area contributed by atoms with E-state index in [9.17, 15) is 0 Å². The molecule has 0 aliphatic carbocycles. The van der Waals surface area contributed by atoms with Crippen LogP contribution in [0.5, 0.6) is 0 Å². The topological polar surface area (TPSA) is 9.72 Å². The van der Waals surface area contributed by atoms with Gasteiger partial charge in [0.15, 0.2) is 0 Å². The fourth-order valence-corrected chi connectivity index (χ4v) is 4.26. The van der Waals surface area contributed by atoms with Gasteiger partial charge in [0.25, 0.3) is 0 Å². The summed E-state index contributed by atoms with van der Waals surface area (Å²) in [5, 5.41) is 0.747. The Kier molecular flexibility index (Phi) is 7.86. The molecule has 0 amide bonds. The number of rotatable bonds is 9. The molecule has 3 nitrogen and oxygen atoms in total. The van der Waals surface area contributed by atoms with Gasteiger partial charge in [-0.15, -0.1) is 0 Å². The van der Waals surface area contributed by atoms with Crippen LogP contribution in [0.15, 0.2) is 66.7 Å². The Labute approximate surface area is 192 Å². The number of nitrogens with zero attached hydrogens (tertiary/aromatic N) is 3. The summed E-state index contributed by atoms with van der Waals surface area (Å²) in [6.07, 6.45) is 0. The highest BCUT2D eigenvalue weighted by atomic mass is 35.5. The van der Waals surface area contributed by atoms with Crippen LogP contribution in [0.3, 0.4) is 0 Å². The summed E-state index contributed by atoms with van der Waals surface area (Å²) in [7, 11) is 2.11. The molecule has 0 spiro atoms. The zero-order valence-electron chi connectivity index (χ0n) is 19.4. The lowest BCUT2D eigenvalue weighted by Gasteiger charge is -2.26. The third kappa shape index (κ3) is 5.16.